The molecule has 1 aliphatic rings. The summed E-state index contributed by atoms with van der Waals surface area (Å²) < 4.78 is 21.6. The van der Waals surface area contributed by atoms with Gasteiger partial charge in [-0.25, -0.2) is 9.37 Å². The first kappa shape index (κ1) is 19.8. The summed E-state index contributed by atoms with van der Waals surface area (Å²) in [6.45, 7) is 7.07. The molecule has 0 bridgehead atoms. The molecule has 1 aliphatic heterocycles. The highest BCUT2D eigenvalue weighted by Gasteiger charge is 2.28. The van der Waals surface area contributed by atoms with Crippen LogP contribution >= 0.6 is 0 Å². The summed E-state index contributed by atoms with van der Waals surface area (Å²) in [6.07, 6.45) is 4.52. The van der Waals surface area contributed by atoms with Gasteiger partial charge in [-0.05, 0) is 19.4 Å². The fourth-order valence-electron chi connectivity index (χ4n) is 3.71. The molecule has 0 saturated carbocycles. The molecule has 1 saturated heterocycles. The highest BCUT2D eigenvalue weighted by Crippen LogP contribution is 2.22. The number of hydrogen-bond donors (Lipinski definition) is 1. The molecule has 1 atom stereocenters. The second-order valence-electron chi connectivity index (χ2n) is 6.96. The summed E-state index contributed by atoms with van der Waals surface area (Å²) in [5.41, 5.74) is 0.661. The Morgan fingerprint density at radius 1 is 1.30 bits per heavy atom. The van der Waals surface area contributed by atoms with Crippen LogP contribution in [0.25, 0.3) is 0 Å². The van der Waals surface area contributed by atoms with Crippen LogP contribution in [0.15, 0.2) is 30.6 Å². The lowest BCUT2D eigenvalue weighted by Gasteiger charge is -2.41. The van der Waals surface area contributed by atoms with Crippen molar-refractivity contribution >= 4 is 0 Å². The summed E-state index contributed by atoms with van der Waals surface area (Å²) in [7, 11) is 1.54. The number of aromatic nitrogens is 2. The fraction of sp³-hybridized carbons (Fsp3) is 0.550. The maximum Gasteiger partial charge on any atom is 0.131 e. The van der Waals surface area contributed by atoms with Crippen molar-refractivity contribution in [2.24, 2.45) is 0 Å². The zero-order valence-corrected chi connectivity index (χ0v) is 16.1. The van der Waals surface area contributed by atoms with E-state index in [1.54, 1.807) is 12.1 Å². The largest absolute Gasteiger partial charge is 0.497 e. The van der Waals surface area contributed by atoms with E-state index in [1.807, 2.05) is 12.4 Å². The van der Waals surface area contributed by atoms with Crippen molar-refractivity contribution in [1.29, 1.82) is 0 Å². The van der Waals surface area contributed by atoms with Crippen LogP contribution in [-0.2, 0) is 19.6 Å². The van der Waals surface area contributed by atoms with E-state index in [-0.39, 0.29) is 18.5 Å². The van der Waals surface area contributed by atoms with E-state index in [4.69, 9.17) is 4.74 Å². The average molecular weight is 376 g/mol. The Morgan fingerprint density at radius 2 is 2.15 bits per heavy atom. The van der Waals surface area contributed by atoms with Gasteiger partial charge >= 0.3 is 0 Å². The third-order valence-corrected chi connectivity index (χ3v) is 5.29. The third-order valence-electron chi connectivity index (χ3n) is 5.29. The second-order valence-corrected chi connectivity index (χ2v) is 6.96. The zero-order valence-electron chi connectivity index (χ0n) is 16.1. The number of aryl methyl sites for hydroxylation is 1. The van der Waals surface area contributed by atoms with E-state index >= 15 is 0 Å². The van der Waals surface area contributed by atoms with Gasteiger partial charge in [0.05, 0.1) is 13.7 Å². The van der Waals surface area contributed by atoms with Crippen molar-refractivity contribution in [3.63, 3.8) is 0 Å². The predicted octanol–water partition coefficient (Wildman–Crippen LogP) is 2.12. The SMILES string of the molecule is CCn1ccnc1CN1CCN(Cc2ccc(OC)cc2F)[C@H](CCO)C1. The molecule has 0 aliphatic carbocycles. The van der Waals surface area contributed by atoms with E-state index in [9.17, 15) is 9.50 Å². The first-order chi connectivity index (χ1) is 13.1. The van der Waals surface area contributed by atoms with Crippen LogP contribution in [0.2, 0.25) is 0 Å². The molecule has 27 heavy (non-hydrogen) atoms. The molecular weight excluding hydrogens is 347 g/mol. The first-order valence-electron chi connectivity index (χ1n) is 9.54. The van der Waals surface area contributed by atoms with Crippen LogP contribution in [0.3, 0.4) is 0 Å². The molecular formula is C20H29FN4O2. The van der Waals surface area contributed by atoms with Gasteiger partial charge in [0, 0.05) is 69.4 Å². The number of methoxy groups -OCH3 is 1. The molecule has 0 unspecified atom stereocenters. The van der Waals surface area contributed by atoms with Crippen LogP contribution in [0.5, 0.6) is 5.75 Å². The summed E-state index contributed by atoms with van der Waals surface area (Å²) in [4.78, 5) is 9.10. The number of ether oxygens (including phenoxy) is 1. The molecule has 3 rings (SSSR count). The number of aliphatic hydroxyl groups is 1. The van der Waals surface area contributed by atoms with Crippen molar-refractivity contribution in [1.82, 2.24) is 19.4 Å². The zero-order chi connectivity index (χ0) is 19.2. The highest BCUT2D eigenvalue weighted by atomic mass is 19.1. The lowest BCUT2D eigenvalue weighted by Crippen LogP contribution is -2.52. The summed E-state index contributed by atoms with van der Waals surface area (Å²) in [5, 5.41) is 9.50. The molecule has 7 heteroatoms. The summed E-state index contributed by atoms with van der Waals surface area (Å²) >= 11 is 0. The average Bonchev–Trinajstić information content (AvgIpc) is 3.12. The number of imidazole rings is 1. The lowest BCUT2D eigenvalue weighted by molar-refractivity contribution is 0.0476. The maximum absolute atomic E-state index is 14.3. The molecule has 2 aromatic rings. The van der Waals surface area contributed by atoms with Crippen molar-refractivity contribution in [3.8, 4) is 5.75 Å². The van der Waals surface area contributed by atoms with Crippen LogP contribution in [0.1, 0.15) is 24.7 Å². The fourth-order valence-corrected chi connectivity index (χ4v) is 3.71. The predicted molar refractivity (Wildman–Crippen MR) is 102 cm³/mol. The minimum absolute atomic E-state index is 0.129. The Balaban J connectivity index is 1.65. The van der Waals surface area contributed by atoms with Crippen LogP contribution in [0.4, 0.5) is 4.39 Å². The standard InChI is InChI=1S/C20H29FN4O2/c1-3-24-8-7-22-20(24)15-23-9-10-25(17(14-23)6-11-26)13-16-4-5-18(27-2)12-19(16)21/h4-5,7-8,12,17,26H,3,6,9-11,13-15H2,1-2H3/t17-/m1/s1. The second kappa shape index (κ2) is 9.30. The van der Waals surface area contributed by atoms with Gasteiger partial charge in [-0.15, -0.1) is 0 Å². The van der Waals surface area contributed by atoms with Crippen molar-refractivity contribution in [3.05, 3.63) is 47.8 Å². The van der Waals surface area contributed by atoms with E-state index in [1.165, 1.54) is 13.2 Å². The van der Waals surface area contributed by atoms with E-state index in [0.29, 0.717) is 24.3 Å². The van der Waals surface area contributed by atoms with Crippen LogP contribution in [0, 0.1) is 5.82 Å². The maximum atomic E-state index is 14.3. The van der Waals surface area contributed by atoms with Gasteiger partial charge in [0.25, 0.3) is 0 Å². The number of hydrogen-bond acceptors (Lipinski definition) is 5. The molecule has 1 N–H and O–H groups in total. The Morgan fingerprint density at radius 3 is 2.85 bits per heavy atom. The molecule has 2 heterocycles. The monoisotopic (exact) mass is 376 g/mol. The van der Waals surface area contributed by atoms with Crippen molar-refractivity contribution < 1.29 is 14.2 Å². The van der Waals surface area contributed by atoms with E-state index < -0.39 is 0 Å². The summed E-state index contributed by atoms with van der Waals surface area (Å²) in [5.74, 6) is 1.35. The molecule has 0 radical (unpaired) electrons. The quantitative estimate of drug-likeness (QED) is 0.765. The number of nitrogens with zero attached hydrogens (tertiary/aromatic N) is 4. The Hall–Kier alpha value is -1.96. The Labute approximate surface area is 160 Å². The van der Waals surface area contributed by atoms with Gasteiger partial charge in [0.15, 0.2) is 0 Å². The summed E-state index contributed by atoms with van der Waals surface area (Å²) in [6, 6.07) is 5.20. The topological polar surface area (TPSA) is 53.8 Å². The molecule has 0 spiro atoms. The van der Waals surface area contributed by atoms with E-state index in [0.717, 1.165) is 38.5 Å². The number of halogens is 1. The third kappa shape index (κ3) is 4.86. The van der Waals surface area contributed by atoms with Crippen molar-refractivity contribution in [2.75, 3.05) is 33.4 Å². The van der Waals surface area contributed by atoms with Crippen molar-refractivity contribution in [2.45, 2.75) is 39.0 Å². The van der Waals surface area contributed by atoms with Crippen LogP contribution < -0.4 is 4.74 Å². The van der Waals surface area contributed by atoms with Gasteiger partial charge in [0.1, 0.15) is 17.4 Å². The smallest absolute Gasteiger partial charge is 0.131 e. The minimum Gasteiger partial charge on any atom is -0.497 e. The van der Waals surface area contributed by atoms with E-state index in [2.05, 4.69) is 26.3 Å². The highest BCUT2D eigenvalue weighted by molar-refractivity contribution is 5.29. The number of benzene rings is 1. The molecule has 0 amide bonds. The Bertz CT molecular complexity index is 737. The number of piperazine rings is 1. The molecule has 1 aromatic heterocycles. The van der Waals surface area contributed by atoms with Gasteiger partial charge in [-0.1, -0.05) is 6.07 Å². The molecule has 1 aromatic carbocycles. The Kier molecular flexibility index (Phi) is 6.82. The minimum atomic E-state index is -0.246. The van der Waals surface area contributed by atoms with Gasteiger partial charge in [-0.3, -0.25) is 9.80 Å². The molecule has 148 valence electrons. The molecule has 6 nitrogen and oxygen atoms in total. The number of aliphatic hydroxyl groups excluding tert-OH is 1. The normalized spacial score (nSPS) is 18.7. The number of rotatable bonds is 8. The first-order valence-corrected chi connectivity index (χ1v) is 9.54. The van der Waals surface area contributed by atoms with Gasteiger partial charge in [-0.2, -0.15) is 0 Å². The molecule has 1 fully saturated rings. The van der Waals surface area contributed by atoms with Gasteiger partial charge < -0.3 is 14.4 Å². The van der Waals surface area contributed by atoms with Gasteiger partial charge in [0.2, 0.25) is 0 Å². The lowest BCUT2D eigenvalue weighted by atomic mass is 10.1. The van der Waals surface area contributed by atoms with Crippen LogP contribution in [-0.4, -0.2) is 63.9 Å².